The van der Waals surface area contributed by atoms with Crippen molar-refractivity contribution in [1.82, 2.24) is 0 Å². The third kappa shape index (κ3) is 3.74. The smallest absolute Gasteiger partial charge is 0.164 e. The molecule has 33 heavy (non-hydrogen) atoms. The van der Waals surface area contributed by atoms with Gasteiger partial charge in [-0.05, 0) is 32.0 Å². The molecule has 0 bridgehead atoms. The summed E-state index contributed by atoms with van der Waals surface area (Å²) in [6.45, 7) is 8.23. The summed E-state index contributed by atoms with van der Waals surface area (Å²) in [5, 5.41) is 10.9. The van der Waals surface area contributed by atoms with Crippen LogP contribution < -0.4 is 23.7 Å². The minimum Gasteiger partial charge on any atom is -0.496 e. The largest absolute Gasteiger partial charge is 0.496 e. The standard InChI is InChI=1S/C24H26O7.C2H6/c1-24(2)10-14(25)21-15(31-24)7-6-12-22(28-5)20-13-8-17(26-3)18(27-4)9-16(13)29-11-19(20)30-23(12)21;1-2/h6-9,14,19,25H,10-11H2,1-5H3;1-2H3/t14?,19-;/m1./s1. The molecule has 2 atom stereocenters. The van der Waals surface area contributed by atoms with Crippen LogP contribution in [0.1, 0.15) is 56.9 Å². The van der Waals surface area contributed by atoms with E-state index in [9.17, 15) is 5.11 Å². The maximum absolute atomic E-state index is 10.9. The van der Waals surface area contributed by atoms with Crippen molar-refractivity contribution in [3.8, 4) is 28.7 Å². The second kappa shape index (κ2) is 8.71. The van der Waals surface area contributed by atoms with Crippen LogP contribution in [-0.4, -0.2) is 44.7 Å². The van der Waals surface area contributed by atoms with E-state index in [4.69, 9.17) is 28.4 Å². The van der Waals surface area contributed by atoms with Crippen molar-refractivity contribution in [2.24, 2.45) is 0 Å². The van der Waals surface area contributed by atoms with Crippen LogP contribution in [0.4, 0.5) is 0 Å². The molecule has 5 rings (SSSR count). The summed E-state index contributed by atoms with van der Waals surface area (Å²) in [4.78, 5) is 0. The third-order valence-electron chi connectivity index (χ3n) is 6.00. The lowest BCUT2D eigenvalue weighted by Crippen LogP contribution is -2.37. The molecule has 2 aromatic rings. The summed E-state index contributed by atoms with van der Waals surface area (Å²) in [7, 11) is 4.83. The van der Waals surface area contributed by atoms with Gasteiger partial charge in [-0.25, -0.2) is 0 Å². The Morgan fingerprint density at radius 3 is 2.30 bits per heavy atom. The van der Waals surface area contributed by atoms with Gasteiger partial charge >= 0.3 is 0 Å². The minimum absolute atomic E-state index is 0.302. The lowest BCUT2D eigenvalue weighted by molar-refractivity contribution is 0.00851. The molecule has 3 aliphatic heterocycles. The Balaban J connectivity index is 0.00000126. The Kier molecular flexibility index (Phi) is 6.10. The molecule has 0 radical (unpaired) electrons. The van der Waals surface area contributed by atoms with E-state index in [-0.39, 0.29) is 0 Å². The van der Waals surface area contributed by atoms with Gasteiger partial charge < -0.3 is 33.5 Å². The van der Waals surface area contributed by atoms with Crippen LogP contribution in [0.3, 0.4) is 0 Å². The second-order valence-corrected chi connectivity index (χ2v) is 8.50. The molecular weight excluding hydrogens is 424 g/mol. The molecule has 178 valence electrons. The van der Waals surface area contributed by atoms with Gasteiger partial charge in [0.25, 0.3) is 0 Å². The Labute approximate surface area is 194 Å². The fourth-order valence-corrected chi connectivity index (χ4v) is 4.68. The molecule has 0 saturated heterocycles. The van der Waals surface area contributed by atoms with E-state index in [1.807, 2.05) is 52.0 Å². The summed E-state index contributed by atoms with van der Waals surface area (Å²) < 4.78 is 35.3. The minimum atomic E-state index is -0.700. The average molecular weight is 457 g/mol. The number of hydrogen-bond acceptors (Lipinski definition) is 7. The van der Waals surface area contributed by atoms with Gasteiger partial charge in [0.2, 0.25) is 0 Å². The molecule has 2 aromatic carbocycles. The van der Waals surface area contributed by atoms with Crippen LogP contribution >= 0.6 is 0 Å². The Bertz CT molecular complexity index is 1090. The monoisotopic (exact) mass is 456 g/mol. The highest BCUT2D eigenvalue weighted by molar-refractivity contribution is 5.96. The molecular formula is C26H32O7. The predicted octanol–water partition coefficient (Wildman–Crippen LogP) is 4.99. The zero-order valence-electron chi connectivity index (χ0n) is 20.3. The normalized spacial score (nSPS) is 21.3. The van der Waals surface area contributed by atoms with Gasteiger partial charge in [-0.15, -0.1) is 0 Å². The maximum Gasteiger partial charge on any atom is 0.164 e. The second-order valence-electron chi connectivity index (χ2n) is 8.50. The van der Waals surface area contributed by atoms with Gasteiger partial charge in [-0.3, -0.25) is 0 Å². The molecule has 0 aromatic heterocycles. The van der Waals surface area contributed by atoms with Crippen LogP contribution in [0.2, 0.25) is 0 Å². The summed E-state index contributed by atoms with van der Waals surface area (Å²) >= 11 is 0. The first-order valence-electron chi connectivity index (χ1n) is 11.2. The number of aliphatic hydroxyl groups is 1. The van der Waals surface area contributed by atoms with Gasteiger partial charge in [0, 0.05) is 23.6 Å². The van der Waals surface area contributed by atoms with Crippen molar-refractivity contribution < 1.29 is 33.5 Å². The number of aliphatic hydroxyl groups excluding tert-OH is 1. The van der Waals surface area contributed by atoms with Crippen LogP contribution in [0.15, 0.2) is 24.3 Å². The van der Waals surface area contributed by atoms with Crippen LogP contribution in [0.25, 0.3) is 11.3 Å². The van der Waals surface area contributed by atoms with Crippen molar-refractivity contribution in [2.45, 2.75) is 51.9 Å². The number of hydrogen-bond donors (Lipinski definition) is 1. The number of benzene rings is 2. The summed E-state index contributed by atoms with van der Waals surface area (Å²) in [6.07, 6.45) is -0.629. The molecule has 0 aliphatic carbocycles. The molecule has 3 aliphatic rings. The van der Waals surface area contributed by atoms with Gasteiger partial charge in [-0.1, -0.05) is 13.8 Å². The van der Waals surface area contributed by atoms with E-state index >= 15 is 0 Å². The van der Waals surface area contributed by atoms with E-state index in [0.717, 1.165) is 16.7 Å². The lowest BCUT2D eigenvalue weighted by Gasteiger charge is -2.40. The first-order chi connectivity index (χ1) is 15.9. The van der Waals surface area contributed by atoms with E-state index in [1.54, 1.807) is 21.3 Å². The van der Waals surface area contributed by atoms with Crippen molar-refractivity contribution in [1.29, 1.82) is 0 Å². The summed E-state index contributed by atoms with van der Waals surface area (Å²) in [6, 6.07) is 7.48. The Morgan fingerprint density at radius 1 is 0.939 bits per heavy atom. The fraction of sp³-hybridized carbons (Fsp3) is 0.462. The summed E-state index contributed by atoms with van der Waals surface area (Å²) in [5.41, 5.74) is 2.68. The van der Waals surface area contributed by atoms with Gasteiger partial charge in [-0.2, -0.15) is 0 Å². The first-order valence-corrected chi connectivity index (χ1v) is 11.2. The van der Waals surface area contributed by atoms with Crippen LogP contribution in [0, 0.1) is 0 Å². The maximum atomic E-state index is 10.9. The zero-order chi connectivity index (χ0) is 23.9. The number of rotatable bonds is 3. The van der Waals surface area contributed by atoms with Crippen molar-refractivity contribution in [3.05, 3.63) is 41.0 Å². The van der Waals surface area contributed by atoms with Gasteiger partial charge in [0.05, 0.1) is 38.6 Å². The van der Waals surface area contributed by atoms with Crippen molar-refractivity contribution in [2.75, 3.05) is 27.9 Å². The molecule has 0 amide bonds. The van der Waals surface area contributed by atoms with E-state index in [0.29, 0.717) is 53.1 Å². The topological polar surface area (TPSA) is 75.6 Å². The third-order valence-corrected chi connectivity index (χ3v) is 6.00. The zero-order valence-corrected chi connectivity index (χ0v) is 20.3. The van der Waals surface area contributed by atoms with E-state index in [2.05, 4.69) is 0 Å². The first kappa shape index (κ1) is 23.1. The quantitative estimate of drug-likeness (QED) is 0.697. The van der Waals surface area contributed by atoms with Crippen LogP contribution in [0.5, 0.6) is 28.7 Å². The Morgan fingerprint density at radius 2 is 1.64 bits per heavy atom. The highest BCUT2D eigenvalue weighted by Gasteiger charge is 2.42. The van der Waals surface area contributed by atoms with Crippen molar-refractivity contribution in [3.63, 3.8) is 0 Å². The van der Waals surface area contributed by atoms with Gasteiger partial charge in [0.1, 0.15) is 35.2 Å². The number of methoxy groups -OCH3 is 3. The average Bonchev–Trinajstić information content (AvgIpc) is 2.81. The summed E-state index contributed by atoms with van der Waals surface area (Å²) in [5.74, 6) is 3.75. The van der Waals surface area contributed by atoms with Gasteiger partial charge in [0.15, 0.2) is 17.6 Å². The highest BCUT2D eigenvalue weighted by Crippen LogP contribution is 2.53. The lowest BCUT2D eigenvalue weighted by atomic mass is 9.86. The molecule has 0 spiro atoms. The predicted molar refractivity (Wildman–Crippen MR) is 125 cm³/mol. The fourth-order valence-electron chi connectivity index (χ4n) is 4.68. The highest BCUT2D eigenvalue weighted by atomic mass is 16.5. The molecule has 1 unspecified atom stereocenters. The van der Waals surface area contributed by atoms with Crippen molar-refractivity contribution >= 4 is 11.3 Å². The van der Waals surface area contributed by atoms with E-state index < -0.39 is 17.8 Å². The molecule has 7 nitrogen and oxygen atoms in total. The molecule has 0 fully saturated rings. The molecule has 7 heteroatoms. The molecule has 3 heterocycles. The molecule has 1 N–H and O–H groups in total. The van der Waals surface area contributed by atoms with Crippen LogP contribution in [-0.2, 0) is 4.74 Å². The number of ether oxygens (including phenoxy) is 6. The number of fused-ring (bicyclic) bond motifs is 6. The SMILES string of the molecule is CC.COC1=C2c3cc(OC)c(OC)cc3OC[C@H]2Oc2c1ccc1c2C(O)CC(C)(C)O1. The molecule has 0 saturated carbocycles. The Hall–Kier alpha value is -3.06. The van der Waals surface area contributed by atoms with E-state index in [1.165, 1.54) is 0 Å².